The van der Waals surface area contributed by atoms with Crippen LogP contribution in [0.4, 0.5) is 0 Å². The molecule has 1 aromatic heterocycles. The second-order valence-corrected chi connectivity index (χ2v) is 4.53. The molecule has 1 heterocycles. The zero-order valence-electron chi connectivity index (χ0n) is 8.61. The summed E-state index contributed by atoms with van der Waals surface area (Å²) in [7, 11) is 1.55. The average molecular weight is 326 g/mol. The summed E-state index contributed by atoms with van der Waals surface area (Å²) in [5.41, 5.74) is 0.617. The number of carbonyl (C=O) groups is 1. The number of carbonyl (C=O) groups excluding carboxylic acids is 1. The van der Waals surface area contributed by atoms with Gasteiger partial charge in [-0.05, 0) is 28.1 Å². The Morgan fingerprint density at radius 1 is 1.56 bits per heavy atom. The van der Waals surface area contributed by atoms with E-state index in [1.54, 1.807) is 19.2 Å². The van der Waals surface area contributed by atoms with Gasteiger partial charge in [-0.1, -0.05) is 0 Å². The number of fused-ring (bicyclic) bond motifs is 1. The van der Waals surface area contributed by atoms with Gasteiger partial charge in [-0.15, -0.1) is 11.3 Å². The predicted molar refractivity (Wildman–Crippen MR) is 58.2 cm³/mol. The van der Waals surface area contributed by atoms with E-state index in [-0.39, 0.29) is 56.4 Å². The van der Waals surface area contributed by atoms with Crippen molar-refractivity contribution in [2.45, 2.75) is 0 Å². The topological polar surface area (TPSA) is 62.2 Å². The van der Waals surface area contributed by atoms with Gasteiger partial charge in [0.25, 0.3) is 0 Å². The van der Waals surface area contributed by atoms with Crippen LogP contribution < -0.4 is 61.2 Å². The summed E-state index contributed by atoms with van der Waals surface area (Å²) in [5.74, 6) is -0.613. The Hall–Kier alpha value is 0.496. The number of aromatic nitrogens is 1. The van der Waals surface area contributed by atoms with E-state index in [0.29, 0.717) is 15.7 Å². The van der Waals surface area contributed by atoms with E-state index in [1.807, 2.05) is 0 Å². The Morgan fingerprint density at radius 3 is 2.81 bits per heavy atom. The average Bonchev–Trinajstić information content (AvgIpc) is 2.63. The summed E-state index contributed by atoms with van der Waals surface area (Å²) in [6.07, 6.45) is 0. The molecule has 0 aliphatic carbocycles. The Kier molecular flexibility index (Phi) is 5.37. The molecule has 16 heavy (non-hydrogen) atoms. The van der Waals surface area contributed by atoms with Crippen LogP contribution in [0.1, 0.15) is 9.80 Å². The van der Waals surface area contributed by atoms with E-state index < -0.39 is 5.97 Å². The van der Waals surface area contributed by atoms with E-state index in [4.69, 9.17) is 4.74 Å². The summed E-state index contributed by atoms with van der Waals surface area (Å²) < 4.78 is 6.55. The molecule has 0 amide bonds. The number of thiazole rings is 1. The minimum absolute atomic E-state index is 0. The van der Waals surface area contributed by atoms with Gasteiger partial charge in [0.2, 0.25) is 0 Å². The normalized spacial score (nSPS) is 9.88. The first-order valence-electron chi connectivity index (χ1n) is 3.98. The van der Waals surface area contributed by atoms with Crippen molar-refractivity contribution in [2.24, 2.45) is 0 Å². The zero-order chi connectivity index (χ0) is 11.0. The van der Waals surface area contributed by atoms with Gasteiger partial charge in [-0.2, -0.15) is 0 Å². The number of halogens is 1. The van der Waals surface area contributed by atoms with Crippen LogP contribution >= 0.6 is 27.3 Å². The maximum absolute atomic E-state index is 10.6. The molecule has 0 radical (unpaired) electrons. The van der Waals surface area contributed by atoms with Gasteiger partial charge in [-0.25, -0.2) is 4.98 Å². The van der Waals surface area contributed by atoms with E-state index >= 15 is 0 Å². The number of nitrogens with zero attached hydrogens (tertiary/aromatic N) is 1. The fourth-order valence-corrected chi connectivity index (χ4v) is 2.76. The number of hydrogen-bond donors (Lipinski definition) is 0. The minimum atomic E-state index is -1.26. The van der Waals surface area contributed by atoms with Crippen molar-refractivity contribution in [3.63, 3.8) is 0 Å². The minimum Gasteiger partial charge on any atom is -0.542 e. The summed E-state index contributed by atoms with van der Waals surface area (Å²) >= 11 is 4.40. The van der Waals surface area contributed by atoms with Crippen LogP contribution in [0.2, 0.25) is 0 Å². The van der Waals surface area contributed by atoms with Crippen molar-refractivity contribution in [3.05, 3.63) is 21.6 Å². The fraction of sp³-hybridized carbons (Fsp3) is 0.111. The molecule has 2 aromatic rings. The van der Waals surface area contributed by atoms with Crippen LogP contribution in [0, 0.1) is 0 Å². The third-order valence-corrected chi connectivity index (χ3v) is 3.97. The number of benzene rings is 1. The van der Waals surface area contributed by atoms with E-state index in [2.05, 4.69) is 20.9 Å². The van der Waals surface area contributed by atoms with Crippen LogP contribution in [-0.4, -0.2) is 18.1 Å². The zero-order valence-corrected chi connectivity index (χ0v) is 14.1. The quantitative estimate of drug-likeness (QED) is 0.626. The van der Waals surface area contributed by atoms with E-state index in [9.17, 15) is 9.90 Å². The third kappa shape index (κ3) is 2.66. The Balaban J connectivity index is 0.00000128. The molecule has 1 aromatic carbocycles. The van der Waals surface area contributed by atoms with Crippen LogP contribution in [0.15, 0.2) is 16.6 Å². The Bertz CT molecular complexity index is 543. The molecule has 0 atom stereocenters. The summed E-state index contributed by atoms with van der Waals surface area (Å²) in [6, 6.07) is 3.44. The Morgan fingerprint density at radius 2 is 2.25 bits per heavy atom. The van der Waals surface area contributed by atoms with E-state index in [0.717, 1.165) is 16.0 Å². The van der Waals surface area contributed by atoms with Crippen LogP contribution in [0.25, 0.3) is 10.2 Å². The molecule has 0 aliphatic heterocycles. The van der Waals surface area contributed by atoms with Crippen molar-refractivity contribution < 1.29 is 66.0 Å². The fourth-order valence-electron chi connectivity index (χ4n) is 1.19. The predicted octanol–water partition coefficient (Wildman–Crippen LogP) is -1.57. The van der Waals surface area contributed by atoms with Crippen molar-refractivity contribution in [1.82, 2.24) is 4.98 Å². The molecule has 0 spiro atoms. The number of hydrogen-bond acceptors (Lipinski definition) is 5. The molecule has 0 saturated heterocycles. The molecule has 0 bridgehead atoms. The van der Waals surface area contributed by atoms with Gasteiger partial charge in [0.1, 0.15) is 16.7 Å². The van der Waals surface area contributed by atoms with Gasteiger partial charge in [0.05, 0.1) is 21.8 Å². The monoisotopic (exact) mass is 325 g/mol. The van der Waals surface area contributed by atoms with Crippen molar-refractivity contribution in [3.8, 4) is 5.75 Å². The first kappa shape index (κ1) is 14.6. The first-order valence-corrected chi connectivity index (χ1v) is 5.59. The second kappa shape index (κ2) is 5.90. The van der Waals surface area contributed by atoms with Gasteiger partial charge in [0.15, 0.2) is 0 Å². The maximum Gasteiger partial charge on any atom is 1.00 e. The molecule has 2 rings (SSSR count). The van der Waals surface area contributed by atoms with Crippen molar-refractivity contribution in [2.75, 3.05) is 7.11 Å². The van der Waals surface area contributed by atoms with Crippen molar-refractivity contribution in [1.29, 1.82) is 0 Å². The molecule has 0 saturated carbocycles. The largest absolute Gasteiger partial charge is 1.00 e. The molecule has 0 aliphatic rings. The number of rotatable bonds is 2. The van der Waals surface area contributed by atoms with Gasteiger partial charge >= 0.3 is 51.4 Å². The van der Waals surface area contributed by atoms with Crippen molar-refractivity contribution >= 4 is 43.5 Å². The first-order chi connectivity index (χ1) is 7.13. The molecule has 0 fully saturated rings. The SMILES string of the molecule is COc1ccc2nc(C(=O)[O-])sc2c1Br.[K+]. The third-order valence-electron chi connectivity index (χ3n) is 1.86. The summed E-state index contributed by atoms with van der Waals surface area (Å²) in [5, 5.41) is 10.6. The summed E-state index contributed by atoms with van der Waals surface area (Å²) in [4.78, 5) is 14.5. The van der Waals surface area contributed by atoms with Gasteiger partial charge in [-0.3, -0.25) is 0 Å². The molecule has 78 valence electrons. The number of carboxylic acid groups (broad SMARTS) is 1. The number of aromatic carboxylic acids is 1. The van der Waals surface area contributed by atoms with Gasteiger partial charge < -0.3 is 14.6 Å². The molecule has 0 unspecified atom stereocenters. The number of ether oxygens (including phenoxy) is 1. The second-order valence-electron chi connectivity index (χ2n) is 2.74. The molecule has 0 N–H and O–H groups in total. The molecular formula is C9H5BrKNO3S. The van der Waals surface area contributed by atoms with Crippen LogP contribution in [0.3, 0.4) is 0 Å². The molecular weight excluding hydrogens is 321 g/mol. The number of methoxy groups -OCH3 is 1. The maximum atomic E-state index is 10.6. The van der Waals surface area contributed by atoms with Crippen LogP contribution in [0.5, 0.6) is 5.75 Å². The summed E-state index contributed by atoms with van der Waals surface area (Å²) in [6.45, 7) is 0. The van der Waals surface area contributed by atoms with Gasteiger partial charge in [0, 0.05) is 0 Å². The Labute approximate surface area is 147 Å². The molecule has 4 nitrogen and oxygen atoms in total. The van der Waals surface area contributed by atoms with Crippen LogP contribution in [-0.2, 0) is 0 Å². The molecule has 7 heteroatoms. The smallest absolute Gasteiger partial charge is 0.542 e. The van der Waals surface area contributed by atoms with E-state index in [1.165, 1.54) is 0 Å². The number of carboxylic acids is 1. The standard InChI is InChI=1S/C9H6BrNO3S.K/c1-14-5-3-2-4-7(6(5)10)15-8(11-4)9(12)13;/h2-3H,1H3,(H,12,13);/q;+1/p-1.